The van der Waals surface area contributed by atoms with Crippen LogP contribution in [0.1, 0.15) is 33.1 Å². The van der Waals surface area contributed by atoms with Crippen LogP contribution in [0.3, 0.4) is 0 Å². The first-order chi connectivity index (χ1) is 7.58. The highest BCUT2D eigenvalue weighted by atomic mass is 16.4. The van der Waals surface area contributed by atoms with Gasteiger partial charge in [-0.05, 0) is 25.3 Å². The normalized spacial score (nSPS) is 30.3. The van der Waals surface area contributed by atoms with Gasteiger partial charge >= 0.3 is 0 Å². The fraction of sp³-hybridized carbons (Fsp3) is 0.909. The molecule has 0 spiro atoms. The number of nitrogens with two attached hydrogens (primary N) is 1. The average Bonchev–Trinajstić information content (AvgIpc) is 2.29. The van der Waals surface area contributed by atoms with Crippen LogP contribution in [0.2, 0.25) is 0 Å². The lowest BCUT2D eigenvalue weighted by Gasteiger charge is -2.39. The quantitative estimate of drug-likeness (QED) is 0.285. The molecule has 3 atom stereocenters. The van der Waals surface area contributed by atoms with Gasteiger partial charge in [-0.3, -0.25) is 4.90 Å². The van der Waals surface area contributed by atoms with Gasteiger partial charge in [-0.25, -0.2) is 0 Å². The van der Waals surface area contributed by atoms with Crippen molar-refractivity contribution in [2.24, 2.45) is 16.8 Å². The zero-order valence-electron chi connectivity index (χ0n) is 10.1. The summed E-state index contributed by atoms with van der Waals surface area (Å²) in [7, 11) is 0. The summed E-state index contributed by atoms with van der Waals surface area (Å²) in [6, 6.07) is 0.262. The van der Waals surface area contributed by atoms with Crippen LogP contribution < -0.4 is 5.73 Å². The van der Waals surface area contributed by atoms with Gasteiger partial charge in [0.25, 0.3) is 0 Å². The maximum absolute atomic E-state index is 9.83. The van der Waals surface area contributed by atoms with Crippen LogP contribution in [0.25, 0.3) is 0 Å². The second kappa shape index (κ2) is 6.06. The third-order valence-corrected chi connectivity index (χ3v) is 3.51. The predicted molar refractivity (Wildman–Crippen MR) is 63.5 cm³/mol. The molecule has 1 saturated heterocycles. The van der Waals surface area contributed by atoms with Crippen molar-refractivity contribution in [2.45, 2.75) is 45.3 Å². The number of piperidine rings is 1. The van der Waals surface area contributed by atoms with Crippen molar-refractivity contribution < 1.29 is 10.3 Å². The summed E-state index contributed by atoms with van der Waals surface area (Å²) in [5, 5.41) is 21.4. The SMILES string of the molecule is CCC(CC(N)=NO)N1CCC(C)C(O)C1. The van der Waals surface area contributed by atoms with Gasteiger partial charge < -0.3 is 16.0 Å². The van der Waals surface area contributed by atoms with E-state index in [9.17, 15) is 5.11 Å². The molecule has 0 aromatic rings. The number of aliphatic hydroxyl groups is 1. The molecule has 3 unspecified atom stereocenters. The van der Waals surface area contributed by atoms with Crippen LogP contribution in [0.5, 0.6) is 0 Å². The van der Waals surface area contributed by atoms with Crippen molar-refractivity contribution in [2.75, 3.05) is 13.1 Å². The van der Waals surface area contributed by atoms with Gasteiger partial charge in [0.15, 0.2) is 0 Å². The maximum atomic E-state index is 9.83. The van der Waals surface area contributed by atoms with E-state index in [-0.39, 0.29) is 18.0 Å². The molecule has 94 valence electrons. The lowest BCUT2D eigenvalue weighted by molar-refractivity contribution is 0.0104. The smallest absolute Gasteiger partial charge is 0.140 e. The molecular weight excluding hydrogens is 206 g/mol. The van der Waals surface area contributed by atoms with Crippen molar-refractivity contribution in [3.05, 3.63) is 0 Å². The topological polar surface area (TPSA) is 82.1 Å². The Kier molecular flexibility index (Phi) is 5.02. The molecule has 5 heteroatoms. The minimum atomic E-state index is -0.255. The van der Waals surface area contributed by atoms with Gasteiger partial charge in [0, 0.05) is 19.0 Å². The van der Waals surface area contributed by atoms with E-state index in [0.717, 1.165) is 19.4 Å². The van der Waals surface area contributed by atoms with Crippen molar-refractivity contribution in [1.82, 2.24) is 4.90 Å². The van der Waals surface area contributed by atoms with Crippen molar-refractivity contribution in [1.29, 1.82) is 0 Å². The molecular formula is C11H23N3O2. The zero-order valence-corrected chi connectivity index (χ0v) is 10.1. The summed E-state index contributed by atoms with van der Waals surface area (Å²) in [5.74, 6) is 0.637. The summed E-state index contributed by atoms with van der Waals surface area (Å²) in [6.45, 7) is 5.83. The Labute approximate surface area is 96.9 Å². The fourth-order valence-corrected chi connectivity index (χ4v) is 2.22. The number of hydrogen-bond donors (Lipinski definition) is 3. The predicted octanol–water partition coefficient (Wildman–Crippen LogP) is 0.604. The Bertz CT molecular complexity index is 245. The van der Waals surface area contributed by atoms with E-state index in [1.54, 1.807) is 0 Å². The average molecular weight is 229 g/mol. The Morgan fingerprint density at radius 3 is 2.81 bits per heavy atom. The molecule has 0 amide bonds. The third kappa shape index (κ3) is 3.35. The third-order valence-electron chi connectivity index (χ3n) is 3.51. The zero-order chi connectivity index (χ0) is 12.1. The summed E-state index contributed by atoms with van der Waals surface area (Å²) < 4.78 is 0. The number of nitrogens with zero attached hydrogens (tertiary/aromatic N) is 2. The number of aliphatic hydroxyl groups excluding tert-OH is 1. The van der Waals surface area contributed by atoms with Crippen molar-refractivity contribution in [3.8, 4) is 0 Å². The monoisotopic (exact) mass is 229 g/mol. The van der Waals surface area contributed by atoms with Crippen LogP contribution in [0.15, 0.2) is 5.16 Å². The molecule has 1 fully saturated rings. The first-order valence-corrected chi connectivity index (χ1v) is 5.97. The number of oxime groups is 1. The van der Waals surface area contributed by atoms with Gasteiger partial charge in [0.1, 0.15) is 5.84 Å². The standard InChI is InChI=1S/C11H23N3O2/c1-3-9(6-11(12)13-16)14-5-4-8(2)10(15)7-14/h8-10,15-16H,3-7H2,1-2H3,(H2,12,13). The van der Waals surface area contributed by atoms with Crippen molar-refractivity contribution >= 4 is 5.84 Å². The second-order valence-electron chi connectivity index (χ2n) is 4.69. The summed E-state index contributed by atoms with van der Waals surface area (Å²) >= 11 is 0. The molecule has 16 heavy (non-hydrogen) atoms. The molecule has 1 aliphatic heterocycles. The highest BCUT2D eigenvalue weighted by Crippen LogP contribution is 2.21. The van der Waals surface area contributed by atoms with Gasteiger partial charge in [0.2, 0.25) is 0 Å². The lowest BCUT2D eigenvalue weighted by atomic mass is 9.94. The summed E-state index contributed by atoms with van der Waals surface area (Å²) in [6.07, 6.45) is 2.26. The van der Waals surface area contributed by atoms with Gasteiger partial charge in [-0.2, -0.15) is 0 Å². The van der Waals surface area contributed by atoms with Crippen LogP contribution in [-0.4, -0.2) is 46.3 Å². The molecule has 0 radical (unpaired) electrons. The van der Waals surface area contributed by atoms with Crippen LogP contribution in [0.4, 0.5) is 0 Å². The number of hydrogen-bond acceptors (Lipinski definition) is 4. The molecule has 0 aromatic carbocycles. The highest BCUT2D eigenvalue weighted by Gasteiger charge is 2.28. The molecule has 0 aromatic heterocycles. The number of β-amino-alcohol motifs (C(OH)–C–C–N with tert-alkyl or cyclic N) is 1. The van der Waals surface area contributed by atoms with E-state index in [1.165, 1.54) is 0 Å². The molecule has 1 heterocycles. The number of amidine groups is 1. The summed E-state index contributed by atoms with van der Waals surface area (Å²) in [4.78, 5) is 2.24. The first kappa shape index (κ1) is 13.3. The molecule has 1 rings (SSSR count). The summed E-state index contributed by atoms with van der Waals surface area (Å²) in [5.41, 5.74) is 5.53. The number of rotatable bonds is 4. The van der Waals surface area contributed by atoms with E-state index in [4.69, 9.17) is 10.9 Å². The molecule has 0 aliphatic carbocycles. The van der Waals surface area contributed by atoms with E-state index >= 15 is 0 Å². The maximum Gasteiger partial charge on any atom is 0.140 e. The Morgan fingerprint density at radius 1 is 1.62 bits per heavy atom. The first-order valence-electron chi connectivity index (χ1n) is 5.97. The Hall–Kier alpha value is -0.810. The lowest BCUT2D eigenvalue weighted by Crippen LogP contribution is -2.48. The molecule has 0 bridgehead atoms. The highest BCUT2D eigenvalue weighted by molar-refractivity contribution is 5.80. The largest absolute Gasteiger partial charge is 0.409 e. The van der Waals surface area contributed by atoms with Crippen molar-refractivity contribution in [3.63, 3.8) is 0 Å². The molecule has 4 N–H and O–H groups in total. The molecule has 0 saturated carbocycles. The minimum Gasteiger partial charge on any atom is -0.409 e. The Morgan fingerprint density at radius 2 is 2.31 bits per heavy atom. The Balaban J connectivity index is 2.53. The molecule has 1 aliphatic rings. The van der Waals surface area contributed by atoms with Gasteiger partial charge in [-0.1, -0.05) is 19.0 Å². The van der Waals surface area contributed by atoms with Crippen LogP contribution >= 0.6 is 0 Å². The number of likely N-dealkylation sites (tertiary alicyclic amines) is 1. The second-order valence-corrected chi connectivity index (χ2v) is 4.69. The molecule has 5 nitrogen and oxygen atoms in total. The fourth-order valence-electron chi connectivity index (χ4n) is 2.22. The van der Waals surface area contributed by atoms with Gasteiger partial charge in [-0.15, -0.1) is 0 Å². The van der Waals surface area contributed by atoms with E-state index < -0.39 is 0 Å². The van der Waals surface area contributed by atoms with E-state index in [1.807, 2.05) is 0 Å². The van der Waals surface area contributed by atoms with E-state index in [0.29, 0.717) is 18.9 Å². The van der Waals surface area contributed by atoms with Gasteiger partial charge in [0.05, 0.1) is 6.10 Å². The minimum absolute atomic E-state index is 0.255. The van der Waals surface area contributed by atoms with E-state index in [2.05, 4.69) is 23.9 Å². The van der Waals surface area contributed by atoms with Crippen LogP contribution in [-0.2, 0) is 0 Å². The van der Waals surface area contributed by atoms with Crippen LogP contribution in [0, 0.1) is 5.92 Å².